The number of ether oxygens (including phenoxy) is 2. The number of ketones is 2. The summed E-state index contributed by atoms with van der Waals surface area (Å²) in [6.45, 7) is 5.98. The minimum atomic E-state index is 0.0486. The normalized spacial score (nSPS) is 12.0. The molecule has 152 valence electrons. The Labute approximate surface area is 163 Å². The quantitative estimate of drug-likeness (QED) is 0.345. The van der Waals surface area contributed by atoms with Crippen molar-refractivity contribution < 1.29 is 19.1 Å². The van der Waals surface area contributed by atoms with Gasteiger partial charge in [-0.2, -0.15) is 0 Å². The average Bonchev–Trinajstić information content (AvgIpc) is 2.67. The molecule has 0 saturated carbocycles. The first-order valence-electron chi connectivity index (χ1n) is 10.1. The highest BCUT2D eigenvalue weighted by molar-refractivity contribution is 5.94. The molecule has 1 atom stereocenters. The molecular weight excluding hydrogens is 342 g/mol. The maximum absolute atomic E-state index is 12.0. The van der Waals surface area contributed by atoms with Crippen molar-refractivity contribution in [1.82, 2.24) is 0 Å². The molecule has 1 aromatic rings. The van der Waals surface area contributed by atoms with Crippen LogP contribution in [0.2, 0.25) is 0 Å². The van der Waals surface area contributed by atoms with Crippen LogP contribution in [0.1, 0.15) is 69.2 Å². The van der Waals surface area contributed by atoms with Gasteiger partial charge < -0.3 is 15.2 Å². The first-order valence-corrected chi connectivity index (χ1v) is 10.1. The van der Waals surface area contributed by atoms with Gasteiger partial charge in [0.2, 0.25) is 0 Å². The summed E-state index contributed by atoms with van der Waals surface area (Å²) in [7, 11) is 0. The second kappa shape index (κ2) is 14.4. The molecule has 0 bridgehead atoms. The Kier molecular flexibility index (Phi) is 12.4. The van der Waals surface area contributed by atoms with E-state index in [-0.39, 0.29) is 11.7 Å². The predicted octanol–water partition coefficient (Wildman–Crippen LogP) is 4.18. The van der Waals surface area contributed by atoms with Crippen molar-refractivity contribution in [3.05, 3.63) is 29.8 Å². The van der Waals surface area contributed by atoms with Gasteiger partial charge in [-0.15, -0.1) is 0 Å². The fourth-order valence-corrected chi connectivity index (χ4v) is 2.79. The molecule has 0 aliphatic rings. The summed E-state index contributed by atoms with van der Waals surface area (Å²) >= 11 is 0. The lowest BCUT2D eigenvalue weighted by Crippen LogP contribution is -2.12. The molecule has 0 aliphatic heterocycles. The van der Waals surface area contributed by atoms with Gasteiger partial charge in [0, 0.05) is 24.5 Å². The van der Waals surface area contributed by atoms with Crippen molar-refractivity contribution in [1.29, 1.82) is 0 Å². The molecule has 0 aromatic heterocycles. The molecule has 0 fully saturated rings. The first-order chi connectivity index (χ1) is 13.0. The van der Waals surface area contributed by atoms with Crippen molar-refractivity contribution >= 4 is 11.6 Å². The van der Waals surface area contributed by atoms with E-state index in [1.807, 2.05) is 6.92 Å². The molecule has 27 heavy (non-hydrogen) atoms. The van der Waals surface area contributed by atoms with Crippen LogP contribution in [0, 0.1) is 5.92 Å². The van der Waals surface area contributed by atoms with Crippen molar-refractivity contribution in [3.8, 4) is 5.75 Å². The third-order valence-electron chi connectivity index (χ3n) is 4.61. The van der Waals surface area contributed by atoms with Gasteiger partial charge in [0.25, 0.3) is 0 Å². The molecule has 0 aliphatic carbocycles. The van der Waals surface area contributed by atoms with Gasteiger partial charge in [-0.1, -0.05) is 19.8 Å². The monoisotopic (exact) mass is 377 g/mol. The largest absolute Gasteiger partial charge is 0.491 e. The molecule has 0 spiro atoms. The van der Waals surface area contributed by atoms with E-state index in [1.165, 1.54) is 0 Å². The molecule has 2 N–H and O–H groups in total. The average molecular weight is 378 g/mol. The van der Waals surface area contributed by atoms with Crippen LogP contribution in [0.4, 0.5) is 0 Å². The second-order valence-electron chi connectivity index (χ2n) is 7.00. The smallest absolute Gasteiger partial charge is 0.159 e. The van der Waals surface area contributed by atoms with Crippen molar-refractivity contribution in [2.24, 2.45) is 11.7 Å². The van der Waals surface area contributed by atoms with E-state index in [0.717, 1.165) is 44.3 Å². The van der Waals surface area contributed by atoms with Crippen LogP contribution >= 0.6 is 0 Å². The Balaban J connectivity index is 1.99. The highest BCUT2D eigenvalue weighted by Crippen LogP contribution is 2.14. The Morgan fingerprint density at radius 2 is 1.70 bits per heavy atom. The van der Waals surface area contributed by atoms with Crippen molar-refractivity contribution in [2.45, 2.75) is 58.8 Å². The van der Waals surface area contributed by atoms with Gasteiger partial charge >= 0.3 is 0 Å². The summed E-state index contributed by atoms with van der Waals surface area (Å²) in [4.78, 5) is 23.2. The van der Waals surface area contributed by atoms with Gasteiger partial charge in [0.15, 0.2) is 5.78 Å². The standard InChI is InChI=1S/C22H35NO4/c1-18(22(25)9-4-3-6-14-23)8-5-7-15-26-16-17-27-21-12-10-20(11-13-21)19(2)24/h10-13,18H,3-9,14-17,23H2,1-2H3. The summed E-state index contributed by atoms with van der Waals surface area (Å²) in [6.07, 6.45) is 6.58. The lowest BCUT2D eigenvalue weighted by molar-refractivity contribution is -0.122. The number of carbonyl (C=O) groups is 2. The highest BCUT2D eigenvalue weighted by atomic mass is 16.5. The molecular formula is C22H35NO4. The molecule has 0 radical (unpaired) electrons. The van der Waals surface area contributed by atoms with E-state index in [0.29, 0.717) is 44.1 Å². The van der Waals surface area contributed by atoms with Crippen LogP contribution in [0.25, 0.3) is 0 Å². The summed E-state index contributed by atoms with van der Waals surface area (Å²) < 4.78 is 11.2. The highest BCUT2D eigenvalue weighted by Gasteiger charge is 2.11. The molecule has 0 amide bonds. The Bertz CT molecular complexity index is 542. The maximum Gasteiger partial charge on any atom is 0.159 e. The van der Waals surface area contributed by atoms with Gasteiger partial charge in [0.1, 0.15) is 18.1 Å². The van der Waals surface area contributed by atoms with E-state index < -0.39 is 0 Å². The number of benzene rings is 1. The van der Waals surface area contributed by atoms with E-state index in [9.17, 15) is 9.59 Å². The summed E-state index contributed by atoms with van der Waals surface area (Å²) in [5.41, 5.74) is 6.14. The summed E-state index contributed by atoms with van der Waals surface area (Å²) in [6, 6.07) is 7.12. The van der Waals surface area contributed by atoms with E-state index >= 15 is 0 Å². The number of rotatable bonds is 16. The van der Waals surface area contributed by atoms with E-state index in [4.69, 9.17) is 15.2 Å². The van der Waals surface area contributed by atoms with Crippen LogP contribution in [0.5, 0.6) is 5.75 Å². The zero-order chi connectivity index (χ0) is 19.9. The first kappa shape index (κ1) is 23.3. The minimum Gasteiger partial charge on any atom is -0.491 e. The van der Waals surface area contributed by atoms with Crippen molar-refractivity contribution in [3.63, 3.8) is 0 Å². The second-order valence-corrected chi connectivity index (χ2v) is 7.00. The number of hydrogen-bond acceptors (Lipinski definition) is 5. The summed E-state index contributed by atoms with van der Waals surface area (Å²) in [5.74, 6) is 1.30. The number of Topliss-reactive ketones (excluding diaryl/α,β-unsaturated/α-hetero) is 2. The van der Waals surface area contributed by atoms with E-state index in [2.05, 4.69) is 0 Å². The fourth-order valence-electron chi connectivity index (χ4n) is 2.79. The molecule has 1 rings (SSSR count). The molecule has 0 heterocycles. The van der Waals surface area contributed by atoms with Crippen LogP contribution < -0.4 is 10.5 Å². The third-order valence-corrected chi connectivity index (χ3v) is 4.61. The van der Waals surface area contributed by atoms with E-state index in [1.54, 1.807) is 31.2 Å². The minimum absolute atomic E-state index is 0.0486. The van der Waals surface area contributed by atoms with Gasteiger partial charge in [0.05, 0.1) is 6.61 Å². The van der Waals surface area contributed by atoms with Crippen LogP contribution in [-0.4, -0.2) is 37.9 Å². The fraction of sp³-hybridized carbons (Fsp3) is 0.636. The topological polar surface area (TPSA) is 78.6 Å². The molecule has 0 saturated heterocycles. The van der Waals surface area contributed by atoms with Gasteiger partial charge in [-0.05, 0) is 63.4 Å². The zero-order valence-electron chi connectivity index (χ0n) is 16.9. The lowest BCUT2D eigenvalue weighted by atomic mass is 9.96. The van der Waals surface area contributed by atoms with Crippen molar-refractivity contribution in [2.75, 3.05) is 26.4 Å². The molecule has 1 aromatic carbocycles. The number of unbranched alkanes of at least 4 members (excludes halogenated alkanes) is 3. The van der Waals surface area contributed by atoms with Crippen LogP contribution in [0.3, 0.4) is 0 Å². The van der Waals surface area contributed by atoms with Gasteiger partial charge in [-0.25, -0.2) is 0 Å². The molecule has 5 nitrogen and oxygen atoms in total. The van der Waals surface area contributed by atoms with Gasteiger partial charge in [-0.3, -0.25) is 9.59 Å². The Hall–Kier alpha value is -1.72. The summed E-state index contributed by atoms with van der Waals surface area (Å²) in [5, 5.41) is 0. The zero-order valence-corrected chi connectivity index (χ0v) is 16.9. The number of hydrogen-bond donors (Lipinski definition) is 1. The lowest BCUT2D eigenvalue weighted by Gasteiger charge is -2.11. The van der Waals surface area contributed by atoms with Crippen LogP contribution in [0.15, 0.2) is 24.3 Å². The SMILES string of the molecule is CC(=O)c1ccc(OCCOCCCCC(C)C(=O)CCCCCN)cc1. The predicted molar refractivity (Wildman–Crippen MR) is 108 cm³/mol. The van der Waals surface area contributed by atoms with Crippen LogP contribution in [-0.2, 0) is 9.53 Å². The molecule has 5 heteroatoms. The Morgan fingerprint density at radius 3 is 2.37 bits per heavy atom. The number of nitrogens with two attached hydrogens (primary N) is 1. The number of carbonyl (C=O) groups excluding carboxylic acids is 2. The third kappa shape index (κ3) is 10.9. The molecule has 1 unspecified atom stereocenters. The maximum atomic E-state index is 12.0. The Morgan fingerprint density at radius 1 is 0.963 bits per heavy atom.